The van der Waals surface area contributed by atoms with E-state index in [0.717, 1.165) is 36.5 Å². The molecule has 7 heteroatoms. The molecule has 1 N–H and O–H groups in total. The normalized spacial score (nSPS) is 12.0. The largest absolute Gasteiger partial charge is 0.469 e. The maximum absolute atomic E-state index is 11.6. The SMILES string of the molecule is CCOC(CC(=O)OC)Cc1ccc(NCCCn2ccc3cc(OSC)ccc32)cc1. The zero-order valence-corrected chi connectivity index (χ0v) is 19.8. The lowest BCUT2D eigenvalue weighted by Crippen LogP contribution is -2.21. The van der Waals surface area contributed by atoms with Crippen molar-refractivity contribution in [2.45, 2.75) is 38.8 Å². The van der Waals surface area contributed by atoms with E-state index in [9.17, 15) is 4.79 Å². The number of methoxy groups -OCH3 is 1. The van der Waals surface area contributed by atoms with E-state index in [0.29, 0.717) is 13.0 Å². The molecule has 1 heterocycles. The first-order valence-corrected chi connectivity index (χ1v) is 12.1. The number of benzene rings is 2. The number of nitrogens with one attached hydrogen (secondary N) is 1. The topological polar surface area (TPSA) is 61.7 Å². The van der Waals surface area contributed by atoms with Crippen LogP contribution in [0.5, 0.6) is 5.75 Å². The summed E-state index contributed by atoms with van der Waals surface area (Å²) in [6.45, 7) is 4.34. The molecule has 0 aliphatic heterocycles. The van der Waals surface area contributed by atoms with Gasteiger partial charge in [-0.3, -0.25) is 4.79 Å². The van der Waals surface area contributed by atoms with Crippen molar-refractivity contribution in [3.05, 3.63) is 60.3 Å². The highest BCUT2D eigenvalue weighted by molar-refractivity contribution is 7.94. The number of nitrogens with zero attached hydrogens (tertiary/aromatic N) is 1. The molecule has 0 saturated carbocycles. The van der Waals surface area contributed by atoms with Crippen LogP contribution < -0.4 is 9.50 Å². The van der Waals surface area contributed by atoms with Gasteiger partial charge in [-0.1, -0.05) is 12.1 Å². The molecule has 0 spiro atoms. The van der Waals surface area contributed by atoms with Crippen molar-refractivity contribution in [3.8, 4) is 5.75 Å². The number of esters is 1. The van der Waals surface area contributed by atoms with Crippen molar-refractivity contribution >= 4 is 34.6 Å². The second-order valence-corrected chi connectivity index (χ2v) is 8.02. The van der Waals surface area contributed by atoms with Crippen molar-refractivity contribution in [3.63, 3.8) is 0 Å². The van der Waals surface area contributed by atoms with E-state index in [1.165, 1.54) is 30.1 Å². The third kappa shape index (κ3) is 6.93. The van der Waals surface area contributed by atoms with Crippen LogP contribution in [0.25, 0.3) is 10.9 Å². The molecule has 2 aromatic carbocycles. The molecular weight excluding hydrogens is 424 g/mol. The van der Waals surface area contributed by atoms with Crippen LogP contribution in [0.15, 0.2) is 54.7 Å². The summed E-state index contributed by atoms with van der Waals surface area (Å²) in [6.07, 6.45) is 5.85. The highest BCUT2D eigenvalue weighted by Gasteiger charge is 2.15. The molecule has 0 fully saturated rings. The zero-order chi connectivity index (χ0) is 22.8. The number of ether oxygens (including phenoxy) is 2. The molecule has 172 valence electrons. The first-order valence-electron chi connectivity index (χ1n) is 10.9. The average molecular weight is 457 g/mol. The molecular formula is C25H32N2O4S. The van der Waals surface area contributed by atoms with Crippen LogP contribution >= 0.6 is 12.0 Å². The van der Waals surface area contributed by atoms with E-state index < -0.39 is 0 Å². The van der Waals surface area contributed by atoms with Crippen LogP contribution in [-0.2, 0) is 27.2 Å². The molecule has 6 nitrogen and oxygen atoms in total. The Labute approximate surface area is 194 Å². The van der Waals surface area contributed by atoms with Gasteiger partial charge in [0.05, 0.1) is 31.7 Å². The molecule has 0 aliphatic rings. The van der Waals surface area contributed by atoms with Gasteiger partial charge in [-0.05, 0) is 61.7 Å². The van der Waals surface area contributed by atoms with E-state index in [4.69, 9.17) is 13.7 Å². The summed E-state index contributed by atoms with van der Waals surface area (Å²) >= 11 is 1.35. The minimum atomic E-state index is -0.244. The molecule has 0 saturated heterocycles. The lowest BCUT2D eigenvalue weighted by molar-refractivity contribution is -0.143. The van der Waals surface area contributed by atoms with Gasteiger partial charge < -0.3 is 23.5 Å². The number of carbonyl (C=O) groups is 1. The Balaban J connectivity index is 1.46. The zero-order valence-electron chi connectivity index (χ0n) is 19.0. The summed E-state index contributed by atoms with van der Waals surface area (Å²) in [4.78, 5) is 11.6. The first-order chi connectivity index (χ1) is 15.6. The lowest BCUT2D eigenvalue weighted by Gasteiger charge is -2.16. The van der Waals surface area contributed by atoms with Crippen molar-refractivity contribution in [2.75, 3.05) is 31.8 Å². The Hall–Kier alpha value is -2.64. The highest BCUT2D eigenvalue weighted by Crippen LogP contribution is 2.24. The number of hydrogen-bond donors (Lipinski definition) is 1. The van der Waals surface area contributed by atoms with E-state index in [2.05, 4.69) is 58.5 Å². The van der Waals surface area contributed by atoms with Crippen molar-refractivity contribution < 1.29 is 18.5 Å². The monoisotopic (exact) mass is 456 g/mol. The Morgan fingerprint density at radius 3 is 2.69 bits per heavy atom. The molecule has 0 radical (unpaired) electrons. The predicted octanol–water partition coefficient (Wildman–Crippen LogP) is 5.31. The molecule has 1 unspecified atom stereocenters. The summed E-state index contributed by atoms with van der Waals surface area (Å²) in [6, 6.07) is 16.6. The van der Waals surface area contributed by atoms with Crippen molar-refractivity contribution in [1.29, 1.82) is 0 Å². The van der Waals surface area contributed by atoms with Crippen LogP contribution in [0.1, 0.15) is 25.3 Å². The number of rotatable bonds is 13. The Morgan fingerprint density at radius 1 is 1.16 bits per heavy atom. The maximum atomic E-state index is 11.6. The second-order valence-electron chi connectivity index (χ2n) is 7.52. The highest BCUT2D eigenvalue weighted by atomic mass is 32.2. The molecule has 0 bridgehead atoms. The third-order valence-corrected chi connectivity index (χ3v) is 5.63. The van der Waals surface area contributed by atoms with Crippen LogP contribution in [0.3, 0.4) is 0 Å². The standard InChI is InChI=1S/C25H32N2O4S/c1-4-30-23(18-25(28)29-2)16-19-6-8-21(9-7-19)26-13-5-14-27-15-12-20-17-22(31-32-3)10-11-24(20)27/h6-12,15,17,23,26H,4-5,13-14,16,18H2,1-3H3. The Kier molecular flexibility index (Phi) is 9.31. The quantitative estimate of drug-likeness (QED) is 0.214. The van der Waals surface area contributed by atoms with Gasteiger partial charge in [0.1, 0.15) is 5.75 Å². The number of hydrogen-bond acceptors (Lipinski definition) is 6. The van der Waals surface area contributed by atoms with Crippen LogP contribution in [0.4, 0.5) is 5.69 Å². The predicted molar refractivity (Wildman–Crippen MR) is 131 cm³/mol. The van der Waals surface area contributed by atoms with E-state index in [1.807, 2.05) is 19.2 Å². The van der Waals surface area contributed by atoms with E-state index in [1.54, 1.807) is 0 Å². The molecule has 3 rings (SSSR count). The second kappa shape index (κ2) is 12.4. The Morgan fingerprint density at radius 2 is 1.97 bits per heavy atom. The van der Waals surface area contributed by atoms with Gasteiger partial charge in [0, 0.05) is 48.7 Å². The summed E-state index contributed by atoms with van der Waals surface area (Å²) in [5.41, 5.74) is 3.45. The summed E-state index contributed by atoms with van der Waals surface area (Å²) in [5.74, 6) is 0.636. The smallest absolute Gasteiger partial charge is 0.308 e. The lowest BCUT2D eigenvalue weighted by atomic mass is 10.1. The number of fused-ring (bicyclic) bond motifs is 1. The number of aromatic nitrogens is 1. The minimum absolute atomic E-state index is 0.161. The number of carbonyl (C=O) groups excluding carboxylic acids is 1. The number of aryl methyl sites for hydroxylation is 1. The molecule has 32 heavy (non-hydrogen) atoms. The van der Waals surface area contributed by atoms with Crippen LogP contribution in [0.2, 0.25) is 0 Å². The maximum Gasteiger partial charge on any atom is 0.308 e. The first kappa shape index (κ1) is 24.0. The summed E-state index contributed by atoms with van der Waals surface area (Å²) < 4.78 is 18.2. The van der Waals surface area contributed by atoms with Crippen LogP contribution in [-0.4, -0.2) is 43.2 Å². The van der Waals surface area contributed by atoms with Crippen molar-refractivity contribution in [2.24, 2.45) is 0 Å². The van der Waals surface area contributed by atoms with Gasteiger partial charge in [0.15, 0.2) is 0 Å². The summed E-state index contributed by atoms with van der Waals surface area (Å²) in [7, 11) is 1.40. The van der Waals surface area contributed by atoms with Crippen molar-refractivity contribution in [1.82, 2.24) is 4.57 Å². The fourth-order valence-electron chi connectivity index (χ4n) is 3.72. The fraction of sp³-hybridized carbons (Fsp3) is 0.400. The molecule has 1 aromatic heterocycles. The van der Waals surface area contributed by atoms with Crippen LogP contribution in [0, 0.1) is 0 Å². The molecule has 0 aliphatic carbocycles. The Bertz CT molecular complexity index is 987. The van der Waals surface area contributed by atoms with Gasteiger partial charge in [-0.15, -0.1) is 0 Å². The summed E-state index contributed by atoms with van der Waals surface area (Å²) in [5, 5.41) is 4.68. The third-order valence-electron chi connectivity index (χ3n) is 5.27. The molecule has 3 aromatic rings. The van der Waals surface area contributed by atoms with Gasteiger partial charge in [0.2, 0.25) is 0 Å². The average Bonchev–Trinajstić information content (AvgIpc) is 3.20. The fourth-order valence-corrected chi connectivity index (χ4v) is 4.02. The minimum Gasteiger partial charge on any atom is -0.469 e. The van der Waals surface area contributed by atoms with Gasteiger partial charge in [-0.25, -0.2) is 0 Å². The van der Waals surface area contributed by atoms with Gasteiger partial charge in [-0.2, -0.15) is 0 Å². The van der Waals surface area contributed by atoms with Gasteiger partial charge >= 0.3 is 5.97 Å². The van der Waals surface area contributed by atoms with E-state index >= 15 is 0 Å². The molecule has 0 amide bonds. The number of anilines is 1. The van der Waals surface area contributed by atoms with Gasteiger partial charge in [0.25, 0.3) is 0 Å². The van der Waals surface area contributed by atoms with E-state index in [-0.39, 0.29) is 18.5 Å². The molecule has 1 atom stereocenters.